The number of anilines is 1. The van der Waals surface area contributed by atoms with Crippen molar-refractivity contribution in [2.75, 3.05) is 11.9 Å². The maximum atomic E-state index is 11.6. The molecule has 102 valence electrons. The summed E-state index contributed by atoms with van der Waals surface area (Å²) in [6, 6.07) is 2.59. The van der Waals surface area contributed by atoms with Gasteiger partial charge < -0.3 is 15.7 Å². The molecule has 1 aromatic heterocycles. The summed E-state index contributed by atoms with van der Waals surface area (Å²) in [5, 5.41) is 14.1. The van der Waals surface area contributed by atoms with E-state index in [0.29, 0.717) is 18.2 Å². The van der Waals surface area contributed by atoms with Gasteiger partial charge in [-0.15, -0.1) is 0 Å². The van der Waals surface area contributed by atoms with Crippen molar-refractivity contribution in [2.24, 2.45) is 5.92 Å². The molecule has 6 heteroatoms. The molecular formula is C13H17N3O3. The predicted octanol–water partition coefficient (Wildman–Crippen LogP) is 2.09. The van der Waals surface area contributed by atoms with Crippen molar-refractivity contribution >= 4 is 17.7 Å². The van der Waals surface area contributed by atoms with E-state index in [9.17, 15) is 9.59 Å². The van der Waals surface area contributed by atoms with Gasteiger partial charge in [-0.05, 0) is 30.9 Å². The Kier molecular flexibility index (Phi) is 4.33. The largest absolute Gasteiger partial charge is 0.477 e. The van der Waals surface area contributed by atoms with Crippen LogP contribution >= 0.6 is 0 Å². The summed E-state index contributed by atoms with van der Waals surface area (Å²) in [6.07, 6.45) is 6.17. The van der Waals surface area contributed by atoms with Crippen molar-refractivity contribution in [3.8, 4) is 0 Å². The van der Waals surface area contributed by atoms with Crippen LogP contribution < -0.4 is 10.6 Å². The number of carboxylic acid groups (broad SMARTS) is 1. The van der Waals surface area contributed by atoms with Crippen LogP contribution in [0, 0.1) is 5.92 Å². The van der Waals surface area contributed by atoms with E-state index in [2.05, 4.69) is 15.6 Å². The van der Waals surface area contributed by atoms with Crippen LogP contribution in [0.2, 0.25) is 0 Å². The fraction of sp³-hybridized carbons (Fsp3) is 0.462. The molecule has 1 fully saturated rings. The van der Waals surface area contributed by atoms with Gasteiger partial charge >= 0.3 is 12.0 Å². The van der Waals surface area contributed by atoms with E-state index in [1.54, 1.807) is 0 Å². The molecule has 1 aliphatic carbocycles. The number of amides is 2. The van der Waals surface area contributed by atoms with E-state index in [1.807, 2.05) is 0 Å². The third kappa shape index (κ3) is 3.94. The van der Waals surface area contributed by atoms with E-state index in [-0.39, 0.29) is 11.7 Å². The fourth-order valence-corrected chi connectivity index (χ4v) is 2.22. The van der Waals surface area contributed by atoms with Gasteiger partial charge in [0.05, 0.1) is 11.9 Å². The van der Waals surface area contributed by atoms with Crippen molar-refractivity contribution in [1.82, 2.24) is 10.3 Å². The molecule has 2 rings (SSSR count). The average molecular weight is 263 g/mol. The van der Waals surface area contributed by atoms with Crippen LogP contribution in [0.5, 0.6) is 0 Å². The number of nitrogens with zero attached hydrogens (tertiary/aromatic N) is 1. The highest BCUT2D eigenvalue weighted by Crippen LogP contribution is 2.23. The molecule has 0 aromatic carbocycles. The molecular weight excluding hydrogens is 246 g/mol. The predicted molar refractivity (Wildman–Crippen MR) is 70.2 cm³/mol. The highest BCUT2D eigenvalue weighted by Gasteiger charge is 2.15. The molecule has 2 amide bonds. The van der Waals surface area contributed by atoms with Crippen molar-refractivity contribution in [2.45, 2.75) is 25.7 Å². The number of aromatic nitrogens is 1. The summed E-state index contributed by atoms with van der Waals surface area (Å²) >= 11 is 0. The first kappa shape index (κ1) is 13.3. The lowest BCUT2D eigenvalue weighted by Crippen LogP contribution is -2.32. The molecule has 1 aromatic rings. The van der Waals surface area contributed by atoms with Crippen molar-refractivity contribution < 1.29 is 14.7 Å². The first-order chi connectivity index (χ1) is 9.15. The molecule has 1 heterocycles. The molecule has 0 unspecified atom stereocenters. The zero-order chi connectivity index (χ0) is 13.7. The minimum atomic E-state index is -1.09. The van der Waals surface area contributed by atoms with Gasteiger partial charge in [0.2, 0.25) is 0 Å². The summed E-state index contributed by atoms with van der Waals surface area (Å²) in [6.45, 7) is 0.687. The van der Waals surface area contributed by atoms with Crippen LogP contribution in [-0.2, 0) is 0 Å². The molecule has 0 radical (unpaired) electrons. The number of nitrogens with one attached hydrogen (secondary N) is 2. The highest BCUT2D eigenvalue weighted by atomic mass is 16.4. The highest BCUT2D eigenvalue weighted by molar-refractivity contribution is 5.90. The van der Waals surface area contributed by atoms with E-state index in [0.717, 1.165) is 0 Å². The quantitative estimate of drug-likeness (QED) is 0.775. The maximum Gasteiger partial charge on any atom is 0.354 e. The lowest BCUT2D eigenvalue weighted by molar-refractivity contribution is 0.0690. The van der Waals surface area contributed by atoms with Crippen LogP contribution in [0.3, 0.4) is 0 Å². The lowest BCUT2D eigenvalue weighted by Gasteiger charge is -2.11. The number of urea groups is 1. The first-order valence-electron chi connectivity index (χ1n) is 6.39. The Labute approximate surface area is 111 Å². The third-order valence-corrected chi connectivity index (χ3v) is 3.27. The summed E-state index contributed by atoms with van der Waals surface area (Å²) in [4.78, 5) is 26.0. The Bertz CT molecular complexity index is 453. The lowest BCUT2D eigenvalue weighted by atomic mass is 10.1. The number of aromatic carboxylic acids is 1. The van der Waals surface area contributed by atoms with Gasteiger partial charge in [-0.25, -0.2) is 14.6 Å². The molecule has 0 spiro atoms. The number of pyridine rings is 1. The Balaban J connectivity index is 1.79. The van der Waals surface area contributed by atoms with E-state index < -0.39 is 5.97 Å². The van der Waals surface area contributed by atoms with E-state index in [1.165, 1.54) is 44.0 Å². The number of carboxylic acids is 1. The summed E-state index contributed by atoms with van der Waals surface area (Å²) in [5.74, 6) is -0.504. The Morgan fingerprint density at radius 3 is 2.63 bits per heavy atom. The normalized spacial score (nSPS) is 15.2. The van der Waals surface area contributed by atoms with Gasteiger partial charge in [0.25, 0.3) is 0 Å². The minimum Gasteiger partial charge on any atom is -0.477 e. The average Bonchev–Trinajstić information content (AvgIpc) is 2.90. The van der Waals surface area contributed by atoms with Crippen LogP contribution in [-0.4, -0.2) is 28.6 Å². The van der Waals surface area contributed by atoms with Crippen LogP contribution in [0.1, 0.15) is 36.2 Å². The zero-order valence-electron chi connectivity index (χ0n) is 10.6. The SMILES string of the molecule is O=C(NCC1CCCC1)Nc1ccc(C(=O)O)nc1. The van der Waals surface area contributed by atoms with Crippen LogP contribution in [0.4, 0.5) is 10.5 Å². The molecule has 1 aliphatic rings. The monoisotopic (exact) mass is 263 g/mol. The second kappa shape index (κ2) is 6.17. The Morgan fingerprint density at radius 2 is 2.05 bits per heavy atom. The van der Waals surface area contributed by atoms with Crippen molar-refractivity contribution in [1.29, 1.82) is 0 Å². The Morgan fingerprint density at radius 1 is 1.32 bits per heavy atom. The topological polar surface area (TPSA) is 91.3 Å². The van der Waals surface area contributed by atoms with Crippen LogP contribution in [0.25, 0.3) is 0 Å². The molecule has 0 bridgehead atoms. The number of hydrogen-bond acceptors (Lipinski definition) is 3. The van der Waals surface area contributed by atoms with Crippen LogP contribution in [0.15, 0.2) is 18.3 Å². The zero-order valence-corrected chi connectivity index (χ0v) is 10.6. The summed E-state index contributed by atoms with van der Waals surface area (Å²) in [5.41, 5.74) is 0.436. The second-order valence-electron chi connectivity index (χ2n) is 4.72. The minimum absolute atomic E-state index is 0.0445. The van der Waals surface area contributed by atoms with Crippen molar-refractivity contribution in [3.05, 3.63) is 24.0 Å². The molecule has 6 nitrogen and oxygen atoms in total. The van der Waals surface area contributed by atoms with Gasteiger partial charge in [0, 0.05) is 6.54 Å². The molecule has 1 saturated carbocycles. The molecule has 0 aliphatic heterocycles. The number of carbonyl (C=O) groups is 2. The molecule has 3 N–H and O–H groups in total. The standard InChI is InChI=1S/C13H17N3O3/c17-12(18)11-6-5-10(8-14-11)16-13(19)15-7-9-3-1-2-4-9/h5-6,8-9H,1-4,7H2,(H,17,18)(H2,15,16,19). The van der Waals surface area contributed by atoms with E-state index in [4.69, 9.17) is 5.11 Å². The number of carbonyl (C=O) groups excluding carboxylic acids is 1. The maximum absolute atomic E-state index is 11.6. The number of rotatable bonds is 4. The molecule has 19 heavy (non-hydrogen) atoms. The second-order valence-corrected chi connectivity index (χ2v) is 4.72. The van der Waals surface area contributed by atoms with Gasteiger partial charge in [-0.2, -0.15) is 0 Å². The molecule has 0 atom stereocenters. The van der Waals surface area contributed by atoms with Crippen molar-refractivity contribution in [3.63, 3.8) is 0 Å². The molecule has 0 saturated heterocycles. The van der Waals surface area contributed by atoms with Gasteiger partial charge in [0.1, 0.15) is 5.69 Å². The summed E-state index contributed by atoms with van der Waals surface area (Å²) in [7, 11) is 0. The summed E-state index contributed by atoms with van der Waals surface area (Å²) < 4.78 is 0. The number of hydrogen-bond donors (Lipinski definition) is 3. The fourth-order valence-electron chi connectivity index (χ4n) is 2.22. The van der Waals surface area contributed by atoms with Gasteiger partial charge in [-0.1, -0.05) is 12.8 Å². The smallest absolute Gasteiger partial charge is 0.354 e. The van der Waals surface area contributed by atoms with Gasteiger partial charge in [0.15, 0.2) is 0 Å². The van der Waals surface area contributed by atoms with E-state index >= 15 is 0 Å². The third-order valence-electron chi connectivity index (χ3n) is 3.27. The van der Waals surface area contributed by atoms with Gasteiger partial charge in [-0.3, -0.25) is 0 Å². The first-order valence-corrected chi connectivity index (χ1v) is 6.39. The Hall–Kier alpha value is -2.11.